The molecule has 29 heavy (non-hydrogen) atoms. The van der Waals surface area contributed by atoms with Gasteiger partial charge in [0, 0.05) is 14.9 Å². The summed E-state index contributed by atoms with van der Waals surface area (Å²) < 4.78 is 6.49. The summed E-state index contributed by atoms with van der Waals surface area (Å²) in [6, 6.07) is 5.28. The Morgan fingerprint density at radius 1 is 1.31 bits per heavy atom. The number of rotatable bonds is 5. The van der Waals surface area contributed by atoms with E-state index in [2.05, 4.69) is 20.7 Å². The smallest absolute Gasteiger partial charge is 0.341 e. The second-order valence-corrected chi connectivity index (χ2v) is 8.54. The highest BCUT2D eigenvalue weighted by Crippen LogP contribution is 2.33. The number of thiophene rings is 1. The number of aromatic nitrogens is 3. The van der Waals surface area contributed by atoms with E-state index in [0.29, 0.717) is 33.1 Å². The van der Waals surface area contributed by atoms with Crippen LogP contribution in [0.1, 0.15) is 26.4 Å². The molecule has 7 nitrogen and oxygen atoms in total. The largest absolute Gasteiger partial charge is 0.465 e. The quantitative estimate of drug-likeness (QED) is 0.405. The third-order valence-corrected chi connectivity index (χ3v) is 6.02. The third kappa shape index (κ3) is 5.05. The first kappa shape index (κ1) is 21.5. The zero-order valence-electron chi connectivity index (χ0n) is 15.7. The first-order chi connectivity index (χ1) is 13.8. The lowest BCUT2D eigenvalue weighted by atomic mass is 10.1. The molecule has 0 saturated heterocycles. The number of aryl methyl sites for hydroxylation is 1. The first-order valence-corrected chi connectivity index (χ1v) is 10.4. The van der Waals surface area contributed by atoms with Crippen LogP contribution in [0.5, 0.6) is 0 Å². The molecule has 0 fully saturated rings. The number of carbonyl (C=O) groups excluding carboxylic acids is 1. The normalized spacial score (nSPS) is 10.7. The van der Waals surface area contributed by atoms with Crippen molar-refractivity contribution < 1.29 is 9.53 Å². The molecule has 0 aliphatic heterocycles. The SMILES string of the molecule is COC(=O)c1c(NC(=S)Nc2ncn(Cc3ccc(Cl)cc3Cl)n2)sc(C)c1C. The molecule has 3 aromatic rings. The molecule has 0 radical (unpaired) electrons. The number of halogens is 2. The molecule has 0 spiro atoms. The lowest BCUT2D eigenvalue weighted by molar-refractivity contribution is 0.0601. The number of hydrogen-bond donors (Lipinski definition) is 2. The van der Waals surface area contributed by atoms with Crippen molar-refractivity contribution in [3.63, 3.8) is 0 Å². The van der Waals surface area contributed by atoms with Crippen LogP contribution in [-0.4, -0.2) is 33.0 Å². The fraction of sp³-hybridized carbons (Fsp3) is 0.222. The van der Waals surface area contributed by atoms with Crippen molar-refractivity contribution in [2.45, 2.75) is 20.4 Å². The predicted molar refractivity (Wildman–Crippen MR) is 121 cm³/mol. The zero-order valence-corrected chi connectivity index (χ0v) is 18.9. The molecule has 0 saturated carbocycles. The van der Waals surface area contributed by atoms with Gasteiger partial charge in [0.15, 0.2) is 5.11 Å². The fourth-order valence-corrected chi connectivity index (χ4v) is 4.33. The van der Waals surface area contributed by atoms with Gasteiger partial charge in [-0.05, 0) is 49.3 Å². The monoisotopic (exact) mass is 469 g/mol. The molecule has 0 atom stereocenters. The highest BCUT2D eigenvalue weighted by Gasteiger charge is 2.21. The maximum absolute atomic E-state index is 12.1. The zero-order chi connectivity index (χ0) is 21.1. The number of hydrogen-bond acceptors (Lipinski definition) is 6. The van der Waals surface area contributed by atoms with Crippen molar-refractivity contribution in [3.8, 4) is 0 Å². The Kier molecular flexibility index (Phi) is 6.74. The van der Waals surface area contributed by atoms with Crippen molar-refractivity contribution >= 4 is 68.8 Å². The third-order valence-electron chi connectivity index (χ3n) is 4.11. The molecule has 0 amide bonds. The maximum atomic E-state index is 12.1. The van der Waals surface area contributed by atoms with Crippen LogP contribution in [0.15, 0.2) is 24.5 Å². The van der Waals surface area contributed by atoms with Gasteiger partial charge < -0.3 is 10.1 Å². The second-order valence-electron chi connectivity index (χ2n) is 6.06. The highest BCUT2D eigenvalue weighted by atomic mass is 35.5. The summed E-state index contributed by atoms with van der Waals surface area (Å²) in [5.41, 5.74) is 2.19. The molecule has 3 rings (SSSR count). The van der Waals surface area contributed by atoms with E-state index in [-0.39, 0.29) is 5.11 Å². The van der Waals surface area contributed by atoms with Gasteiger partial charge in [0.05, 0.1) is 19.2 Å². The molecule has 0 unspecified atom stereocenters. The van der Waals surface area contributed by atoms with Gasteiger partial charge in [-0.2, -0.15) is 0 Å². The Morgan fingerprint density at radius 3 is 2.76 bits per heavy atom. The number of carbonyl (C=O) groups is 1. The topological polar surface area (TPSA) is 81.1 Å². The minimum Gasteiger partial charge on any atom is -0.465 e. The summed E-state index contributed by atoms with van der Waals surface area (Å²) >= 11 is 18.9. The van der Waals surface area contributed by atoms with E-state index in [1.807, 2.05) is 19.9 Å². The Balaban J connectivity index is 1.68. The molecule has 152 valence electrons. The summed E-state index contributed by atoms with van der Waals surface area (Å²) in [5, 5.41) is 12.3. The highest BCUT2D eigenvalue weighted by molar-refractivity contribution is 7.80. The predicted octanol–water partition coefficient (Wildman–Crippen LogP) is 4.91. The lowest BCUT2D eigenvalue weighted by Gasteiger charge is -2.08. The number of methoxy groups -OCH3 is 1. The Bertz CT molecular complexity index is 1080. The lowest BCUT2D eigenvalue weighted by Crippen LogP contribution is -2.21. The van der Waals surface area contributed by atoms with Gasteiger partial charge in [0.1, 0.15) is 11.3 Å². The van der Waals surface area contributed by atoms with Gasteiger partial charge in [-0.1, -0.05) is 29.3 Å². The number of anilines is 2. The minimum absolute atomic E-state index is 0.263. The van der Waals surface area contributed by atoms with E-state index < -0.39 is 5.97 Å². The van der Waals surface area contributed by atoms with Crippen molar-refractivity contribution in [2.75, 3.05) is 17.7 Å². The molecule has 0 aliphatic carbocycles. The summed E-state index contributed by atoms with van der Waals surface area (Å²) in [7, 11) is 1.35. The van der Waals surface area contributed by atoms with Crippen LogP contribution >= 0.6 is 46.8 Å². The fourth-order valence-electron chi connectivity index (χ4n) is 2.55. The van der Waals surface area contributed by atoms with Gasteiger partial charge in [0.25, 0.3) is 0 Å². The molecule has 1 aromatic carbocycles. The van der Waals surface area contributed by atoms with Crippen LogP contribution < -0.4 is 10.6 Å². The van der Waals surface area contributed by atoms with Gasteiger partial charge in [-0.3, -0.25) is 5.32 Å². The Labute approximate surface area is 187 Å². The van der Waals surface area contributed by atoms with Crippen molar-refractivity contribution in [3.05, 3.63) is 56.1 Å². The van der Waals surface area contributed by atoms with Gasteiger partial charge in [-0.15, -0.1) is 16.4 Å². The van der Waals surface area contributed by atoms with Crippen molar-refractivity contribution in [2.24, 2.45) is 0 Å². The molecular formula is C18H17Cl2N5O2S2. The molecule has 11 heteroatoms. The average molecular weight is 470 g/mol. The van der Waals surface area contributed by atoms with E-state index >= 15 is 0 Å². The number of benzene rings is 1. The van der Waals surface area contributed by atoms with E-state index in [1.165, 1.54) is 18.4 Å². The number of nitrogens with one attached hydrogen (secondary N) is 2. The van der Waals surface area contributed by atoms with Crippen LogP contribution in [0, 0.1) is 13.8 Å². The molecule has 2 aromatic heterocycles. The molecule has 2 N–H and O–H groups in total. The van der Waals surface area contributed by atoms with E-state index in [4.69, 9.17) is 40.2 Å². The Morgan fingerprint density at radius 2 is 2.07 bits per heavy atom. The van der Waals surface area contributed by atoms with Crippen molar-refractivity contribution in [1.82, 2.24) is 14.8 Å². The van der Waals surface area contributed by atoms with Crippen LogP contribution in [0.3, 0.4) is 0 Å². The number of nitrogens with zero attached hydrogens (tertiary/aromatic N) is 3. The van der Waals surface area contributed by atoms with Crippen LogP contribution in [0.2, 0.25) is 10.0 Å². The molecule has 0 bridgehead atoms. The minimum atomic E-state index is -0.417. The maximum Gasteiger partial charge on any atom is 0.341 e. The van der Waals surface area contributed by atoms with E-state index in [1.54, 1.807) is 23.1 Å². The van der Waals surface area contributed by atoms with Gasteiger partial charge >= 0.3 is 5.97 Å². The van der Waals surface area contributed by atoms with Gasteiger partial charge in [-0.25, -0.2) is 14.5 Å². The van der Waals surface area contributed by atoms with Crippen LogP contribution in [-0.2, 0) is 11.3 Å². The molecule has 0 aliphatic rings. The summed E-state index contributed by atoms with van der Waals surface area (Å²) in [5.74, 6) is -0.100. The van der Waals surface area contributed by atoms with Crippen LogP contribution in [0.4, 0.5) is 10.9 Å². The first-order valence-electron chi connectivity index (χ1n) is 8.38. The van der Waals surface area contributed by atoms with E-state index in [9.17, 15) is 4.79 Å². The Hall–Kier alpha value is -2.20. The molecule has 2 heterocycles. The summed E-state index contributed by atoms with van der Waals surface area (Å²) in [6.07, 6.45) is 1.56. The van der Waals surface area contributed by atoms with Crippen LogP contribution in [0.25, 0.3) is 0 Å². The number of thiocarbonyl (C=S) groups is 1. The summed E-state index contributed by atoms with van der Waals surface area (Å²) in [6.45, 7) is 4.23. The standard InChI is InChI=1S/C18H17Cl2N5O2S2/c1-9-10(2)29-15(14(9)16(26)27-3)22-18(28)23-17-21-8-25(24-17)7-11-4-5-12(19)6-13(11)20/h4-6,8H,7H2,1-3H3,(H2,22,23,24,28). The molecular weight excluding hydrogens is 453 g/mol. The van der Waals surface area contributed by atoms with Crippen molar-refractivity contribution in [1.29, 1.82) is 0 Å². The summed E-state index contributed by atoms with van der Waals surface area (Å²) in [4.78, 5) is 17.3. The van der Waals surface area contributed by atoms with Gasteiger partial charge in [0.2, 0.25) is 5.95 Å². The second kappa shape index (κ2) is 9.08. The average Bonchev–Trinajstić information content (AvgIpc) is 3.21. The number of ether oxygens (including phenoxy) is 1. The number of esters is 1. The van der Waals surface area contributed by atoms with E-state index in [0.717, 1.165) is 16.0 Å².